The van der Waals surface area contributed by atoms with Gasteiger partial charge in [0.05, 0.1) is 0 Å². The summed E-state index contributed by atoms with van der Waals surface area (Å²) in [5.74, 6) is -0.685. The highest BCUT2D eigenvalue weighted by molar-refractivity contribution is 8.00. The molecule has 0 saturated heterocycles. The van der Waals surface area contributed by atoms with Gasteiger partial charge < -0.3 is 5.11 Å². The third-order valence-corrected chi connectivity index (χ3v) is 4.02. The van der Waals surface area contributed by atoms with Gasteiger partial charge in [0.25, 0.3) is 0 Å². The lowest BCUT2D eigenvalue weighted by Gasteiger charge is -2.05. The fourth-order valence-corrected chi connectivity index (χ4v) is 3.26. The average molecular weight is 222 g/mol. The Morgan fingerprint density at radius 1 is 1.47 bits per heavy atom. The molecular weight excluding hydrogens is 208 g/mol. The first-order chi connectivity index (χ1) is 7.25. The Kier molecular flexibility index (Phi) is 3.31. The molecule has 1 aliphatic heterocycles. The minimum absolute atomic E-state index is 0.299. The van der Waals surface area contributed by atoms with Gasteiger partial charge in [-0.3, -0.25) is 4.79 Å². The maximum absolute atomic E-state index is 10.4. The Labute approximate surface area is 93.7 Å². The van der Waals surface area contributed by atoms with Crippen LogP contribution in [-0.4, -0.2) is 16.3 Å². The third kappa shape index (κ3) is 2.75. The normalized spacial score (nSPS) is 18.8. The lowest BCUT2D eigenvalue weighted by atomic mass is 10.1. The number of hydrogen-bond acceptors (Lipinski definition) is 2. The van der Waals surface area contributed by atoms with Crippen LogP contribution in [0.3, 0.4) is 0 Å². The van der Waals surface area contributed by atoms with E-state index in [0.29, 0.717) is 11.7 Å². The van der Waals surface area contributed by atoms with Crippen molar-refractivity contribution in [3.8, 4) is 0 Å². The van der Waals surface area contributed by atoms with E-state index in [2.05, 4.69) is 24.3 Å². The molecule has 1 atom stereocenters. The maximum atomic E-state index is 10.4. The number of carboxylic acid groups (broad SMARTS) is 1. The van der Waals surface area contributed by atoms with Gasteiger partial charge in [0, 0.05) is 16.6 Å². The zero-order valence-electron chi connectivity index (χ0n) is 8.48. The lowest BCUT2D eigenvalue weighted by molar-refractivity contribution is -0.137. The molecule has 80 valence electrons. The van der Waals surface area contributed by atoms with Gasteiger partial charge in [0.15, 0.2) is 0 Å². The largest absolute Gasteiger partial charge is 0.481 e. The molecule has 1 aromatic carbocycles. The summed E-state index contributed by atoms with van der Waals surface area (Å²) in [6.07, 6.45) is 3.19. The second-order valence-electron chi connectivity index (χ2n) is 3.84. The molecule has 0 aromatic heterocycles. The molecule has 2 rings (SSSR count). The predicted octanol–water partition coefficient (Wildman–Crippen LogP) is 2.96. The Morgan fingerprint density at radius 3 is 3.00 bits per heavy atom. The fourth-order valence-electron chi connectivity index (χ4n) is 1.90. The van der Waals surface area contributed by atoms with Crippen LogP contribution in [0, 0.1) is 0 Å². The average Bonchev–Trinajstić information content (AvgIpc) is 2.59. The number of benzene rings is 1. The Morgan fingerprint density at radius 2 is 2.27 bits per heavy atom. The summed E-state index contributed by atoms with van der Waals surface area (Å²) in [7, 11) is 0. The second-order valence-corrected chi connectivity index (χ2v) is 5.18. The highest BCUT2D eigenvalue weighted by atomic mass is 32.2. The SMILES string of the molecule is O=C(O)CCCC1Cc2ccccc2S1. The summed E-state index contributed by atoms with van der Waals surface area (Å²) in [6.45, 7) is 0. The van der Waals surface area contributed by atoms with Crippen LogP contribution >= 0.6 is 11.8 Å². The lowest BCUT2D eigenvalue weighted by Crippen LogP contribution is -2.02. The summed E-state index contributed by atoms with van der Waals surface area (Å²) in [5, 5.41) is 9.14. The molecule has 1 N–H and O–H groups in total. The van der Waals surface area contributed by atoms with Crippen LogP contribution in [0.5, 0.6) is 0 Å². The minimum atomic E-state index is -0.685. The molecule has 0 radical (unpaired) electrons. The third-order valence-electron chi connectivity index (χ3n) is 2.63. The van der Waals surface area contributed by atoms with Gasteiger partial charge in [-0.05, 0) is 30.9 Å². The number of thioether (sulfide) groups is 1. The molecule has 0 saturated carbocycles. The quantitative estimate of drug-likeness (QED) is 0.851. The van der Waals surface area contributed by atoms with Crippen molar-refractivity contribution in [1.29, 1.82) is 0 Å². The first kappa shape index (κ1) is 10.6. The van der Waals surface area contributed by atoms with Crippen LogP contribution in [0.25, 0.3) is 0 Å². The van der Waals surface area contributed by atoms with Crippen molar-refractivity contribution in [1.82, 2.24) is 0 Å². The summed E-state index contributed by atoms with van der Waals surface area (Å²) in [4.78, 5) is 11.8. The van der Waals surface area contributed by atoms with Gasteiger partial charge in [-0.25, -0.2) is 0 Å². The van der Waals surface area contributed by atoms with Crippen molar-refractivity contribution in [3.63, 3.8) is 0 Å². The number of aliphatic carboxylic acids is 1. The summed E-state index contributed by atoms with van der Waals surface area (Å²) in [5.41, 5.74) is 1.42. The molecule has 1 aliphatic rings. The topological polar surface area (TPSA) is 37.3 Å². The van der Waals surface area contributed by atoms with Crippen LogP contribution in [0.15, 0.2) is 29.2 Å². The molecular formula is C12H14O2S. The molecule has 0 fully saturated rings. The van der Waals surface area contributed by atoms with E-state index >= 15 is 0 Å². The molecule has 0 amide bonds. The van der Waals surface area contributed by atoms with Gasteiger partial charge in [-0.2, -0.15) is 0 Å². The minimum Gasteiger partial charge on any atom is -0.481 e. The first-order valence-electron chi connectivity index (χ1n) is 5.22. The van der Waals surface area contributed by atoms with E-state index in [1.165, 1.54) is 10.5 Å². The molecule has 1 heterocycles. The summed E-state index contributed by atoms with van der Waals surface area (Å²) in [6, 6.07) is 8.45. The van der Waals surface area contributed by atoms with Crippen molar-refractivity contribution in [3.05, 3.63) is 29.8 Å². The van der Waals surface area contributed by atoms with E-state index in [0.717, 1.165) is 19.3 Å². The van der Waals surface area contributed by atoms with E-state index in [1.807, 2.05) is 11.8 Å². The predicted molar refractivity (Wildman–Crippen MR) is 61.3 cm³/mol. The highest BCUT2D eigenvalue weighted by Gasteiger charge is 2.21. The van der Waals surface area contributed by atoms with E-state index in [-0.39, 0.29) is 0 Å². The molecule has 15 heavy (non-hydrogen) atoms. The van der Waals surface area contributed by atoms with Crippen molar-refractivity contribution >= 4 is 17.7 Å². The van der Waals surface area contributed by atoms with Gasteiger partial charge in [-0.1, -0.05) is 18.2 Å². The Hall–Kier alpha value is -0.960. The maximum Gasteiger partial charge on any atom is 0.303 e. The number of carboxylic acids is 1. The van der Waals surface area contributed by atoms with Crippen molar-refractivity contribution < 1.29 is 9.90 Å². The zero-order chi connectivity index (χ0) is 10.7. The van der Waals surface area contributed by atoms with Crippen molar-refractivity contribution in [2.45, 2.75) is 35.8 Å². The van der Waals surface area contributed by atoms with Gasteiger partial charge in [0.2, 0.25) is 0 Å². The van der Waals surface area contributed by atoms with Gasteiger partial charge in [-0.15, -0.1) is 11.8 Å². The molecule has 0 aliphatic carbocycles. The van der Waals surface area contributed by atoms with E-state index in [1.54, 1.807) is 0 Å². The standard InChI is InChI=1S/C12H14O2S/c13-12(14)7-3-5-10-8-9-4-1-2-6-11(9)15-10/h1-2,4,6,10H,3,5,7-8H2,(H,13,14). The van der Waals surface area contributed by atoms with E-state index in [9.17, 15) is 4.79 Å². The number of hydrogen-bond donors (Lipinski definition) is 1. The molecule has 1 unspecified atom stereocenters. The van der Waals surface area contributed by atoms with Crippen LogP contribution < -0.4 is 0 Å². The number of carbonyl (C=O) groups is 1. The zero-order valence-corrected chi connectivity index (χ0v) is 9.30. The molecule has 0 spiro atoms. The van der Waals surface area contributed by atoms with Crippen LogP contribution in [0.1, 0.15) is 24.8 Å². The summed E-state index contributed by atoms with van der Waals surface area (Å²) >= 11 is 1.89. The van der Waals surface area contributed by atoms with Crippen LogP contribution in [0.4, 0.5) is 0 Å². The van der Waals surface area contributed by atoms with Gasteiger partial charge in [0.1, 0.15) is 0 Å². The number of fused-ring (bicyclic) bond motifs is 1. The van der Waals surface area contributed by atoms with Crippen LogP contribution in [0.2, 0.25) is 0 Å². The molecule has 2 nitrogen and oxygen atoms in total. The first-order valence-corrected chi connectivity index (χ1v) is 6.10. The number of rotatable bonds is 4. The van der Waals surface area contributed by atoms with E-state index in [4.69, 9.17) is 5.11 Å². The molecule has 1 aromatic rings. The highest BCUT2D eigenvalue weighted by Crippen LogP contribution is 2.38. The van der Waals surface area contributed by atoms with Gasteiger partial charge >= 0.3 is 5.97 Å². The monoisotopic (exact) mass is 222 g/mol. The smallest absolute Gasteiger partial charge is 0.303 e. The second kappa shape index (κ2) is 4.71. The van der Waals surface area contributed by atoms with Crippen molar-refractivity contribution in [2.75, 3.05) is 0 Å². The molecule has 0 bridgehead atoms. The van der Waals surface area contributed by atoms with Crippen LogP contribution in [-0.2, 0) is 11.2 Å². The van der Waals surface area contributed by atoms with Crippen molar-refractivity contribution in [2.24, 2.45) is 0 Å². The molecule has 3 heteroatoms. The Bertz CT molecular complexity index is 337. The van der Waals surface area contributed by atoms with E-state index < -0.39 is 5.97 Å². The fraction of sp³-hybridized carbons (Fsp3) is 0.417. The Balaban J connectivity index is 1.83. The summed E-state index contributed by atoms with van der Waals surface area (Å²) < 4.78 is 0.